The highest BCUT2D eigenvalue weighted by Gasteiger charge is 2.14. The molecule has 1 N–H and O–H groups in total. The maximum atomic E-state index is 11.8. The van der Waals surface area contributed by atoms with Gasteiger partial charge in [0.25, 0.3) is 0 Å². The summed E-state index contributed by atoms with van der Waals surface area (Å²) in [5.74, 6) is 0.886. The molecule has 1 saturated heterocycles. The van der Waals surface area contributed by atoms with Crippen molar-refractivity contribution in [3.8, 4) is 5.75 Å². The standard InChI is InChI=1S/C18H25NO4/c20-18(13-21-12-16-5-1-2-8-22-16)19-11-14-6-7-17-15(10-14)4-3-9-23-17/h6-7,10,16H,1-5,8-9,11-13H2,(H,19,20). The molecule has 2 aliphatic heterocycles. The Morgan fingerprint density at radius 2 is 2.22 bits per heavy atom. The lowest BCUT2D eigenvalue weighted by atomic mass is 10.0. The number of fused-ring (bicyclic) bond motifs is 1. The van der Waals surface area contributed by atoms with Crippen molar-refractivity contribution in [2.45, 2.75) is 44.8 Å². The predicted octanol–water partition coefficient (Wildman–Crippen LogP) is 2.21. The first-order valence-corrected chi connectivity index (χ1v) is 8.52. The van der Waals surface area contributed by atoms with E-state index in [1.807, 2.05) is 12.1 Å². The molecule has 1 fully saturated rings. The van der Waals surface area contributed by atoms with E-state index in [1.54, 1.807) is 0 Å². The molecule has 1 unspecified atom stereocenters. The SMILES string of the molecule is O=C(COCC1CCCCO1)NCc1ccc2c(c1)CCCO2. The van der Waals surface area contributed by atoms with E-state index in [2.05, 4.69) is 11.4 Å². The molecule has 0 bridgehead atoms. The molecule has 0 radical (unpaired) electrons. The van der Waals surface area contributed by atoms with Gasteiger partial charge in [-0.05, 0) is 49.3 Å². The highest BCUT2D eigenvalue weighted by Crippen LogP contribution is 2.25. The van der Waals surface area contributed by atoms with Gasteiger partial charge in [0.1, 0.15) is 12.4 Å². The minimum absolute atomic E-state index is 0.0882. The van der Waals surface area contributed by atoms with Gasteiger partial charge in [0.05, 0.1) is 19.3 Å². The normalized spacial score (nSPS) is 20.4. The van der Waals surface area contributed by atoms with E-state index in [4.69, 9.17) is 14.2 Å². The summed E-state index contributed by atoms with van der Waals surface area (Å²) in [5.41, 5.74) is 2.33. The number of carbonyl (C=O) groups excluding carboxylic acids is 1. The van der Waals surface area contributed by atoms with E-state index in [0.717, 1.165) is 50.2 Å². The van der Waals surface area contributed by atoms with Crippen LogP contribution in [0.4, 0.5) is 0 Å². The third-order valence-corrected chi connectivity index (χ3v) is 4.27. The molecule has 0 aromatic heterocycles. The smallest absolute Gasteiger partial charge is 0.246 e. The summed E-state index contributed by atoms with van der Waals surface area (Å²) in [6.45, 7) is 2.72. The number of amides is 1. The Labute approximate surface area is 137 Å². The first kappa shape index (κ1) is 16.3. The average molecular weight is 319 g/mol. The van der Waals surface area contributed by atoms with Crippen molar-refractivity contribution in [2.75, 3.05) is 26.4 Å². The van der Waals surface area contributed by atoms with Gasteiger partial charge in [0, 0.05) is 13.2 Å². The Morgan fingerprint density at radius 1 is 1.26 bits per heavy atom. The van der Waals surface area contributed by atoms with Crippen LogP contribution in [-0.4, -0.2) is 38.4 Å². The van der Waals surface area contributed by atoms with Crippen LogP contribution < -0.4 is 10.1 Å². The monoisotopic (exact) mass is 319 g/mol. The van der Waals surface area contributed by atoms with Crippen LogP contribution in [0.5, 0.6) is 5.75 Å². The molecule has 1 amide bonds. The van der Waals surface area contributed by atoms with Gasteiger partial charge < -0.3 is 19.5 Å². The summed E-state index contributed by atoms with van der Waals surface area (Å²) in [5, 5.41) is 2.90. The number of hydrogen-bond donors (Lipinski definition) is 1. The molecule has 0 spiro atoms. The first-order valence-electron chi connectivity index (χ1n) is 8.52. The highest BCUT2D eigenvalue weighted by molar-refractivity contribution is 5.77. The van der Waals surface area contributed by atoms with Crippen LogP contribution in [0.1, 0.15) is 36.8 Å². The highest BCUT2D eigenvalue weighted by atomic mass is 16.5. The van der Waals surface area contributed by atoms with Gasteiger partial charge in [-0.25, -0.2) is 0 Å². The van der Waals surface area contributed by atoms with Gasteiger partial charge >= 0.3 is 0 Å². The van der Waals surface area contributed by atoms with Gasteiger partial charge in [0.2, 0.25) is 5.91 Å². The lowest BCUT2D eigenvalue weighted by molar-refractivity contribution is -0.128. The summed E-state index contributed by atoms with van der Waals surface area (Å²) >= 11 is 0. The van der Waals surface area contributed by atoms with Crippen LogP contribution in [0.2, 0.25) is 0 Å². The van der Waals surface area contributed by atoms with Crippen LogP contribution in [0, 0.1) is 0 Å². The summed E-state index contributed by atoms with van der Waals surface area (Å²) in [6.07, 6.45) is 5.59. The fourth-order valence-corrected chi connectivity index (χ4v) is 3.00. The van der Waals surface area contributed by atoms with Gasteiger partial charge in [-0.15, -0.1) is 0 Å². The zero-order chi connectivity index (χ0) is 15.9. The molecule has 3 rings (SSSR count). The Balaban J connectivity index is 1.37. The molecular formula is C18H25NO4. The molecule has 5 nitrogen and oxygen atoms in total. The number of aryl methyl sites for hydroxylation is 1. The maximum absolute atomic E-state index is 11.8. The lowest BCUT2D eigenvalue weighted by Gasteiger charge is -2.22. The lowest BCUT2D eigenvalue weighted by Crippen LogP contribution is -2.30. The number of carbonyl (C=O) groups is 1. The molecule has 2 heterocycles. The summed E-state index contributed by atoms with van der Waals surface area (Å²) in [6, 6.07) is 6.11. The molecule has 126 valence electrons. The Morgan fingerprint density at radius 3 is 3.09 bits per heavy atom. The molecule has 2 aliphatic rings. The summed E-state index contributed by atoms with van der Waals surface area (Å²) in [4.78, 5) is 11.8. The third-order valence-electron chi connectivity index (χ3n) is 4.27. The van der Waals surface area contributed by atoms with E-state index in [9.17, 15) is 4.79 Å². The van der Waals surface area contributed by atoms with Crippen molar-refractivity contribution >= 4 is 5.91 Å². The van der Waals surface area contributed by atoms with E-state index < -0.39 is 0 Å². The minimum Gasteiger partial charge on any atom is -0.493 e. The van der Waals surface area contributed by atoms with Crippen molar-refractivity contribution in [1.82, 2.24) is 5.32 Å². The maximum Gasteiger partial charge on any atom is 0.246 e. The van der Waals surface area contributed by atoms with Crippen molar-refractivity contribution in [3.05, 3.63) is 29.3 Å². The molecule has 0 aliphatic carbocycles. The van der Waals surface area contributed by atoms with Crippen LogP contribution in [0.25, 0.3) is 0 Å². The number of hydrogen-bond acceptors (Lipinski definition) is 4. The minimum atomic E-state index is -0.0882. The van der Waals surface area contributed by atoms with Gasteiger partial charge in [0.15, 0.2) is 0 Å². The summed E-state index contributed by atoms with van der Waals surface area (Å²) in [7, 11) is 0. The van der Waals surface area contributed by atoms with E-state index in [-0.39, 0.29) is 18.6 Å². The second-order valence-corrected chi connectivity index (χ2v) is 6.17. The second-order valence-electron chi connectivity index (χ2n) is 6.17. The van der Waals surface area contributed by atoms with Crippen molar-refractivity contribution in [3.63, 3.8) is 0 Å². The molecular weight excluding hydrogens is 294 g/mol. The van der Waals surface area contributed by atoms with Gasteiger partial charge in [-0.3, -0.25) is 4.79 Å². The molecule has 5 heteroatoms. The molecule has 23 heavy (non-hydrogen) atoms. The Kier molecular flexibility index (Phi) is 5.88. The fourth-order valence-electron chi connectivity index (χ4n) is 3.00. The second kappa shape index (κ2) is 8.31. The summed E-state index contributed by atoms with van der Waals surface area (Å²) < 4.78 is 16.6. The topological polar surface area (TPSA) is 56.8 Å². The predicted molar refractivity (Wildman–Crippen MR) is 86.5 cm³/mol. The van der Waals surface area contributed by atoms with Crippen molar-refractivity contribution in [1.29, 1.82) is 0 Å². The third kappa shape index (κ3) is 4.94. The largest absolute Gasteiger partial charge is 0.493 e. The molecule has 0 saturated carbocycles. The van der Waals surface area contributed by atoms with Crippen LogP contribution in [0.3, 0.4) is 0 Å². The van der Waals surface area contributed by atoms with Gasteiger partial charge in [-0.2, -0.15) is 0 Å². The number of rotatable bonds is 6. The number of nitrogens with one attached hydrogen (secondary N) is 1. The zero-order valence-corrected chi connectivity index (χ0v) is 13.5. The number of benzene rings is 1. The molecule has 1 aromatic carbocycles. The van der Waals surface area contributed by atoms with Crippen molar-refractivity contribution < 1.29 is 19.0 Å². The van der Waals surface area contributed by atoms with Gasteiger partial charge in [-0.1, -0.05) is 12.1 Å². The van der Waals surface area contributed by atoms with Crippen LogP contribution in [-0.2, 0) is 27.2 Å². The molecule has 1 atom stereocenters. The zero-order valence-electron chi connectivity index (χ0n) is 13.5. The van der Waals surface area contributed by atoms with Crippen molar-refractivity contribution in [2.24, 2.45) is 0 Å². The Bertz CT molecular complexity index is 526. The number of ether oxygens (including phenoxy) is 3. The van der Waals surface area contributed by atoms with E-state index in [1.165, 1.54) is 12.0 Å². The quantitative estimate of drug-likeness (QED) is 0.873. The average Bonchev–Trinajstić information content (AvgIpc) is 2.61. The van der Waals surface area contributed by atoms with Crippen LogP contribution in [0.15, 0.2) is 18.2 Å². The first-order chi connectivity index (χ1) is 11.3. The van der Waals surface area contributed by atoms with E-state index in [0.29, 0.717) is 13.2 Å². The van der Waals surface area contributed by atoms with Crippen LogP contribution >= 0.6 is 0 Å². The molecule has 1 aromatic rings. The Hall–Kier alpha value is -1.59. The van der Waals surface area contributed by atoms with E-state index >= 15 is 0 Å². The fraction of sp³-hybridized carbons (Fsp3) is 0.611.